The molecule has 0 radical (unpaired) electrons. The number of carboxylic acid groups (broad SMARTS) is 1. The number of nitrogens with zero attached hydrogens (tertiary/aromatic N) is 1. The van der Waals surface area contributed by atoms with E-state index in [1.165, 1.54) is 0 Å². The van der Waals surface area contributed by atoms with Crippen LogP contribution in [0.15, 0.2) is 42.5 Å². The van der Waals surface area contributed by atoms with Crippen molar-refractivity contribution in [2.45, 2.75) is 24.9 Å². The molecule has 166 valence electrons. The highest BCUT2D eigenvalue weighted by molar-refractivity contribution is 7.98. The van der Waals surface area contributed by atoms with Crippen LogP contribution in [0, 0.1) is 0 Å². The molecule has 0 unspecified atom stereocenters. The number of carbonyl (C=O) groups is 2. The predicted molar refractivity (Wildman–Crippen MR) is 121 cm³/mol. The largest absolute Gasteiger partial charge is 0.493 e. The second-order valence-corrected chi connectivity index (χ2v) is 8.27. The first kappa shape index (κ1) is 22.8. The number of thioether (sulfide) groups is 1. The van der Waals surface area contributed by atoms with Gasteiger partial charge in [0.1, 0.15) is 6.04 Å². The van der Waals surface area contributed by atoms with Crippen molar-refractivity contribution in [3.63, 3.8) is 0 Å². The maximum atomic E-state index is 13.2. The van der Waals surface area contributed by atoms with E-state index < -0.39 is 12.0 Å². The molecule has 0 bridgehead atoms. The Balaban J connectivity index is 1.99. The van der Waals surface area contributed by atoms with Gasteiger partial charge in [0.25, 0.3) is 0 Å². The van der Waals surface area contributed by atoms with Gasteiger partial charge in [-0.05, 0) is 53.7 Å². The summed E-state index contributed by atoms with van der Waals surface area (Å²) in [6.07, 6.45) is 2.91. The number of fused-ring (bicyclic) bond motifs is 1. The number of hydrogen-bond acceptors (Lipinski definition) is 5. The number of carbonyl (C=O) groups excluding carboxylic acids is 1. The standard InChI is InChI=1S/C23H28N2O5S/c1-29-19-13-16-9-11-25(23(28)24-18(22(26)27)10-12-31-3)21(15-7-5-4-6-8-15)17(16)14-20(19)30-2/h4-8,13-14,18,21H,9-12H2,1-3H3,(H,24,28)(H,26,27)/t18-,21+/m0/s1. The number of amides is 2. The van der Waals surface area contributed by atoms with Gasteiger partial charge in [-0.2, -0.15) is 11.8 Å². The monoisotopic (exact) mass is 444 g/mol. The van der Waals surface area contributed by atoms with Crippen molar-refractivity contribution in [3.8, 4) is 11.5 Å². The maximum absolute atomic E-state index is 13.2. The molecule has 2 N–H and O–H groups in total. The van der Waals surface area contributed by atoms with E-state index in [0.29, 0.717) is 36.6 Å². The zero-order chi connectivity index (χ0) is 22.4. The molecule has 31 heavy (non-hydrogen) atoms. The lowest BCUT2D eigenvalue weighted by molar-refractivity contribution is -0.139. The number of aliphatic carboxylic acids is 1. The molecule has 2 atom stereocenters. The van der Waals surface area contributed by atoms with Gasteiger partial charge in [-0.25, -0.2) is 9.59 Å². The van der Waals surface area contributed by atoms with Crippen LogP contribution in [-0.2, 0) is 11.2 Å². The van der Waals surface area contributed by atoms with Crippen molar-refractivity contribution >= 4 is 23.8 Å². The first-order valence-electron chi connectivity index (χ1n) is 10.1. The number of ether oxygens (including phenoxy) is 2. The molecular formula is C23H28N2O5S. The van der Waals surface area contributed by atoms with E-state index >= 15 is 0 Å². The van der Waals surface area contributed by atoms with Crippen LogP contribution >= 0.6 is 11.8 Å². The van der Waals surface area contributed by atoms with Crippen LogP contribution in [0.1, 0.15) is 29.2 Å². The molecule has 3 rings (SSSR count). The van der Waals surface area contributed by atoms with Crippen molar-refractivity contribution in [1.82, 2.24) is 10.2 Å². The van der Waals surface area contributed by atoms with E-state index in [1.54, 1.807) is 30.9 Å². The highest BCUT2D eigenvalue weighted by Crippen LogP contribution is 2.41. The molecule has 1 heterocycles. The van der Waals surface area contributed by atoms with Gasteiger partial charge in [-0.3, -0.25) is 0 Å². The molecule has 7 nitrogen and oxygen atoms in total. The number of urea groups is 1. The average molecular weight is 445 g/mol. The molecule has 0 fully saturated rings. The molecule has 2 aromatic carbocycles. The fourth-order valence-corrected chi connectivity index (χ4v) is 4.36. The SMILES string of the molecule is COc1cc2c(cc1OC)[C@@H](c1ccccc1)N(C(=O)N[C@@H](CCSC)C(=O)O)CC2. The Hall–Kier alpha value is -2.87. The molecule has 1 aliphatic heterocycles. The van der Waals surface area contributed by atoms with Crippen molar-refractivity contribution in [1.29, 1.82) is 0 Å². The van der Waals surface area contributed by atoms with Crippen molar-refractivity contribution < 1.29 is 24.2 Å². The summed E-state index contributed by atoms with van der Waals surface area (Å²) in [5.74, 6) is 0.864. The highest BCUT2D eigenvalue weighted by atomic mass is 32.2. The second kappa shape index (κ2) is 10.4. The van der Waals surface area contributed by atoms with Crippen LogP contribution < -0.4 is 14.8 Å². The zero-order valence-corrected chi connectivity index (χ0v) is 18.8. The molecule has 0 saturated carbocycles. The topological polar surface area (TPSA) is 88.1 Å². The lowest BCUT2D eigenvalue weighted by atomic mass is 9.88. The van der Waals surface area contributed by atoms with Crippen LogP contribution in [0.5, 0.6) is 11.5 Å². The summed E-state index contributed by atoms with van der Waals surface area (Å²) in [7, 11) is 3.18. The van der Waals surface area contributed by atoms with E-state index in [2.05, 4.69) is 5.32 Å². The number of methoxy groups -OCH3 is 2. The summed E-state index contributed by atoms with van der Waals surface area (Å²) in [6.45, 7) is 0.461. The van der Waals surface area contributed by atoms with Gasteiger partial charge in [-0.1, -0.05) is 30.3 Å². The van der Waals surface area contributed by atoms with Gasteiger partial charge < -0.3 is 24.8 Å². The average Bonchev–Trinajstić information content (AvgIpc) is 2.80. The Labute approximate surface area is 186 Å². The summed E-state index contributed by atoms with van der Waals surface area (Å²) in [5.41, 5.74) is 2.97. The number of benzene rings is 2. The Bertz CT molecular complexity index is 922. The molecule has 0 aromatic heterocycles. The van der Waals surface area contributed by atoms with Crippen LogP contribution in [0.3, 0.4) is 0 Å². The van der Waals surface area contributed by atoms with E-state index in [-0.39, 0.29) is 12.1 Å². The molecule has 0 saturated heterocycles. The Kier molecular flexibility index (Phi) is 7.68. The van der Waals surface area contributed by atoms with Gasteiger partial charge in [0, 0.05) is 6.54 Å². The highest BCUT2D eigenvalue weighted by Gasteiger charge is 2.34. The third kappa shape index (κ3) is 5.07. The first-order chi connectivity index (χ1) is 15.0. The molecule has 2 amide bonds. The second-order valence-electron chi connectivity index (χ2n) is 7.28. The zero-order valence-electron chi connectivity index (χ0n) is 18.0. The van der Waals surface area contributed by atoms with Crippen LogP contribution in [-0.4, -0.2) is 60.8 Å². The van der Waals surface area contributed by atoms with E-state index in [0.717, 1.165) is 16.7 Å². The summed E-state index contributed by atoms with van der Waals surface area (Å²) in [5, 5.41) is 12.3. The molecule has 0 spiro atoms. The minimum Gasteiger partial charge on any atom is -0.493 e. The minimum atomic E-state index is -1.03. The van der Waals surface area contributed by atoms with Crippen molar-refractivity contribution in [3.05, 3.63) is 59.2 Å². The van der Waals surface area contributed by atoms with Crippen LogP contribution in [0.4, 0.5) is 4.79 Å². The third-order valence-electron chi connectivity index (χ3n) is 5.46. The van der Waals surface area contributed by atoms with Crippen LogP contribution in [0.2, 0.25) is 0 Å². The quantitative estimate of drug-likeness (QED) is 0.647. The molecule has 8 heteroatoms. The minimum absolute atomic E-state index is 0.361. The lowest BCUT2D eigenvalue weighted by Crippen LogP contribution is -2.51. The van der Waals surface area contributed by atoms with Crippen LogP contribution in [0.25, 0.3) is 0 Å². The van der Waals surface area contributed by atoms with E-state index in [4.69, 9.17) is 9.47 Å². The third-order valence-corrected chi connectivity index (χ3v) is 6.10. The van der Waals surface area contributed by atoms with Crippen molar-refractivity contribution in [2.24, 2.45) is 0 Å². The predicted octanol–water partition coefficient (Wildman–Crippen LogP) is 3.57. The molecule has 1 aliphatic rings. The molecule has 0 aliphatic carbocycles. The fraction of sp³-hybridized carbons (Fsp3) is 0.391. The van der Waals surface area contributed by atoms with E-state index in [9.17, 15) is 14.7 Å². The lowest BCUT2D eigenvalue weighted by Gasteiger charge is -2.38. The first-order valence-corrected chi connectivity index (χ1v) is 11.5. The number of carboxylic acids is 1. The summed E-state index contributed by atoms with van der Waals surface area (Å²) < 4.78 is 10.9. The summed E-state index contributed by atoms with van der Waals surface area (Å²) in [4.78, 5) is 26.6. The van der Waals surface area contributed by atoms with Gasteiger partial charge in [0.15, 0.2) is 11.5 Å². The Morgan fingerprint density at radius 1 is 1.19 bits per heavy atom. The Morgan fingerprint density at radius 2 is 1.87 bits per heavy atom. The summed E-state index contributed by atoms with van der Waals surface area (Å²) >= 11 is 1.55. The number of rotatable bonds is 8. The van der Waals surface area contributed by atoms with Gasteiger partial charge >= 0.3 is 12.0 Å². The number of hydrogen-bond donors (Lipinski definition) is 2. The molecular weight excluding hydrogens is 416 g/mol. The van der Waals surface area contributed by atoms with Gasteiger partial charge in [-0.15, -0.1) is 0 Å². The smallest absolute Gasteiger partial charge is 0.326 e. The van der Waals surface area contributed by atoms with Gasteiger partial charge in [0.05, 0.1) is 20.3 Å². The van der Waals surface area contributed by atoms with Gasteiger partial charge in [0.2, 0.25) is 0 Å². The summed E-state index contributed by atoms with van der Waals surface area (Å²) in [6, 6.07) is 11.9. The number of nitrogens with one attached hydrogen (secondary N) is 1. The molecule has 2 aromatic rings. The fourth-order valence-electron chi connectivity index (χ4n) is 3.88. The van der Waals surface area contributed by atoms with Crippen molar-refractivity contribution in [2.75, 3.05) is 32.8 Å². The van der Waals surface area contributed by atoms with E-state index in [1.807, 2.05) is 48.7 Å². The maximum Gasteiger partial charge on any atom is 0.326 e. The normalized spacial score (nSPS) is 16.2. The Morgan fingerprint density at radius 3 is 2.48 bits per heavy atom.